The van der Waals surface area contributed by atoms with Crippen molar-refractivity contribution in [1.29, 1.82) is 0 Å². The molecule has 3 aromatic carbocycles. The summed E-state index contributed by atoms with van der Waals surface area (Å²) in [6.45, 7) is 0. The Morgan fingerprint density at radius 2 is 1.23 bits per heavy atom. The van der Waals surface area contributed by atoms with E-state index in [1.165, 1.54) is 35.1 Å². The molecule has 7 rings (SSSR count). The van der Waals surface area contributed by atoms with Crippen molar-refractivity contribution in [2.75, 3.05) is 0 Å². The predicted molar refractivity (Wildman–Crippen MR) is 131 cm³/mol. The maximum atomic E-state index is 13.1. The van der Waals surface area contributed by atoms with Gasteiger partial charge in [0.1, 0.15) is 12.2 Å². The molecule has 0 saturated heterocycles. The minimum Gasteiger partial charge on any atom is -0.455 e. The molecular weight excluding hydrogens is 436 g/mol. The van der Waals surface area contributed by atoms with E-state index in [1.807, 2.05) is 36.4 Å². The second-order valence-corrected chi connectivity index (χ2v) is 10.6. The summed E-state index contributed by atoms with van der Waals surface area (Å²) in [5.74, 6) is 0.516. The number of esters is 2. The van der Waals surface area contributed by atoms with Gasteiger partial charge in [-0.2, -0.15) is 0 Å². The molecule has 0 aromatic heterocycles. The smallest absolute Gasteiger partial charge is 0.338 e. The molecule has 0 N–H and O–H groups in total. The number of aryl methyl sites for hydroxylation is 2. The molecular formula is C31H28O4. The number of benzene rings is 3. The molecule has 0 aliphatic heterocycles. The highest BCUT2D eigenvalue weighted by molar-refractivity contribution is 5.90. The molecule has 0 spiro atoms. The number of hydrogen-bond acceptors (Lipinski definition) is 4. The van der Waals surface area contributed by atoms with Gasteiger partial charge in [0.25, 0.3) is 0 Å². The second kappa shape index (κ2) is 8.08. The van der Waals surface area contributed by atoms with Gasteiger partial charge in [-0.25, -0.2) is 9.59 Å². The van der Waals surface area contributed by atoms with Gasteiger partial charge in [-0.05, 0) is 90.5 Å². The van der Waals surface area contributed by atoms with Crippen molar-refractivity contribution in [1.82, 2.24) is 0 Å². The number of fused-ring (bicyclic) bond motifs is 8. The SMILES string of the molecule is O=C(OC1C2CC(C1OC(=O)c1ccccc1)C1c3cc4c(cc3CC21)CCC4)c1ccccc1. The van der Waals surface area contributed by atoms with Gasteiger partial charge < -0.3 is 9.47 Å². The average Bonchev–Trinajstić information content (AvgIpc) is 3.65. The first-order chi connectivity index (χ1) is 17.2. The summed E-state index contributed by atoms with van der Waals surface area (Å²) < 4.78 is 12.3. The van der Waals surface area contributed by atoms with Gasteiger partial charge in [-0.1, -0.05) is 48.5 Å². The first-order valence-electron chi connectivity index (χ1n) is 12.8. The largest absolute Gasteiger partial charge is 0.455 e. The Morgan fingerprint density at radius 1 is 0.657 bits per heavy atom. The molecule has 0 heterocycles. The molecule has 2 saturated carbocycles. The Morgan fingerprint density at radius 3 is 1.86 bits per heavy atom. The van der Waals surface area contributed by atoms with Crippen LogP contribution in [-0.4, -0.2) is 24.1 Å². The molecule has 35 heavy (non-hydrogen) atoms. The van der Waals surface area contributed by atoms with Crippen LogP contribution in [0.5, 0.6) is 0 Å². The minimum absolute atomic E-state index is 0.173. The summed E-state index contributed by atoms with van der Waals surface area (Å²) >= 11 is 0. The van der Waals surface area contributed by atoms with Crippen LogP contribution in [0, 0.1) is 17.8 Å². The molecule has 6 atom stereocenters. The zero-order chi connectivity index (χ0) is 23.5. The van der Waals surface area contributed by atoms with E-state index in [1.54, 1.807) is 24.3 Å². The van der Waals surface area contributed by atoms with Crippen LogP contribution >= 0.6 is 0 Å². The molecule has 2 fully saturated rings. The third-order valence-corrected chi connectivity index (χ3v) is 8.86. The molecule has 4 aliphatic rings. The van der Waals surface area contributed by atoms with Gasteiger partial charge in [0.15, 0.2) is 0 Å². The van der Waals surface area contributed by atoms with Gasteiger partial charge >= 0.3 is 11.9 Å². The number of rotatable bonds is 4. The van der Waals surface area contributed by atoms with Crippen molar-refractivity contribution in [3.63, 3.8) is 0 Å². The first kappa shape index (κ1) is 20.9. The van der Waals surface area contributed by atoms with Crippen molar-refractivity contribution in [3.05, 3.63) is 106 Å². The summed E-state index contributed by atoms with van der Waals surface area (Å²) in [6, 6.07) is 23.1. The van der Waals surface area contributed by atoms with E-state index in [2.05, 4.69) is 12.1 Å². The number of hydrogen-bond donors (Lipinski definition) is 0. The molecule has 4 heteroatoms. The summed E-state index contributed by atoms with van der Waals surface area (Å²) in [4.78, 5) is 26.2. The Balaban J connectivity index is 1.22. The fourth-order valence-corrected chi connectivity index (χ4v) is 7.44. The molecule has 4 nitrogen and oxygen atoms in total. The Bertz CT molecular complexity index is 1300. The number of carbonyl (C=O) groups is 2. The minimum atomic E-state index is -0.430. The van der Waals surface area contributed by atoms with Gasteiger partial charge in [0.2, 0.25) is 0 Å². The third kappa shape index (κ3) is 3.34. The van der Waals surface area contributed by atoms with E-state index in [9.17, 15) is 9.59 Å². The van der Waals surface area contributed by atoms with Crippen molar-refractivity contribution >= 4 is 11.9 Å². The lowest BCUT2D eigenvalue weighted by atomic mass is 9.76. The van der Waals surface area contributed by atoms with Gasteiger partial charge in [-0.15, -0.1) is 0 Å². The molecule has 4 aliphatic carbocycles. The van der Waals surface area contributed by atoms with Crippen molar-refractivity contribution in [3.8, 4) is 0 Å². The topological polar surface area (TPSA) is 52.6 Å². The fraction of sp³-hybridized carbons (Fsp3) is 0.355. The highest BCUT2D eigenvalue weighted by atomic mass is 16.6. The van der Waals surface area contributed by atoms with Crippen molar-refractivity contribution < 1.29 is 19.1 Å². The van der Waals surface area contributed by atoms with E-state index in [4.69, 9.17) is 9.47 Å². The number of ether oxygens (including phenoxy) is 2. The van der Waals surface area contributed by atoms with Crippen LogP contribution in [0.25, 0.3) is 0 Å². The summed E-state index contributed by atoms with van der Waals surface area (Å²) in [6.07, 6.45) is 4.71. The maximum absolute atomic E-state index is 13.1. The summed E-state index contributed by atoms with van der Waals surface area (Å²) in [7, 11) is 0. The fourth-order valence-electron chi connectivity index (χ4n) is 7.44. The van der Waals surface area contributed by atoms with Gasteiger partial charge in [-0.3, -0.25) is 0 Å². The molecule has 2 bridgehead atoms. The average molecular weight is 465 g/mol. The Kier molecular flexibility index (Phi) is 4.83. The van der Waals surface area contributed by atoms with Crippen LogP contribution in [0.1, 0.15) is 61.7 Å². The monoisotopic (exact) mass is 464 g/mol. The van der Waals surface area contributed by atoms with Crippen LogP contribution in [0.15, 0.2) is 72.8 Å². The third-order valence-electron chi connectivity index (χ3n) is 8.86. The lowest BCUT2D eigenvalue weighted by molar-refractivity contribution is -0.0698. The lowest BCUT2D eigenvalue weighted by Gasteiger charge is -2.37. The van der Waals surface area contributed by atoms with E-state index in [0.29, 0.717) is 23.0 Å². The summed E-state index contributed by atoms with van der Waals surface area (Å²) in [5, 5.41) is 0. The van der Waals surface area contributed by atoms with Crippen LogP contribution < -0.4 is 0 Å². The molecule has 176 valence electrons. The second-order valence-electron chi connectivity index (χ2n) is 10.6. The van der Waals surface area contributed by atoms with Gasteiger partial charge in [0, 0.05) is 11.8 Å². The summed E-state index contributed by atoms with van der Waals surface area (Å²) in [5.41, 5.74) is 6.98. The van der Waals surface area contributed by atoms with E-state index in [-0.39, 0.29) is 23.8 Å². The van der Waals surface area contributed by atoms with Gasteiger partial charge in [0.05, 0.1) is 11.1 Å². The highest BCUT2D eigenvalue weighted by Gasteiger charge is 2.63. The van der Waals surface area contributed by atoms with E-state index < -0.39 is 12.2 Å². The first-order valence-corrected chi connectivity index (χ1v) is 12.8. The normalized spacial score (nSPS) is 29.4. The molecule has 6 unspecified atom stereocenters. The van der Waals surface area contributed by atoms with Crippen LogP contribution in [0.4, 0.5) is 0 Å². The highest BCUT2D eigenvalue weighted by Crippen LogP contribution is 2.63. The van der Waals surface area contributed by atoms with Crippen molar-refractivity contribution in [2.45, 2.75) is 50.2 Å². The standard InChI is InChI=1S/C31H28O4/c32-30(18-8-3-1-4-9-18)34-28-25-17-26(29(28)35-31(33)19-10-5-2-6-11-19)27-23-15-21-13-7-12-20(21)14-22(23)16-24(25)27/h1-6,8-11,14-15,24-29H,7,12-13,16-17H2. The molecule has 3 aromatic rings. The number of carbonyl (C=O) groups excluding carboxylic acids is 2. The zero-order valence-corrected chi connectivity index (χ0v) is 19.6. The maximum Gasteiger partial charge on any atom is 0.338 e. The van der Waals surface area contributed by atoms with Crippen LogP contribution in [0.3, 0.4) is 0 Å². The Labute approximate surface area is 205 Å². The molecule has 0 amide bonds. The zero-order valence-electron chi connectivity index (χ0n) is 19.6. The van der Waals surface area contributed by atoms with E-state index in [0.717, 1.165) is 19.3 Å². The predicted octanol–water partition coefficient (Wildman–Crippen LogP) is 5.53. The lowest BCUT2D eigenvalue weighted by Crippen LogP contribution is -2.45. The van der Waals surface area contributed by atoms with Crippen LogP contribution in [-0.2, 0) is 28.7 Å². The van der Waals surface area contributed by atoms with E-state index >= 15 is 0 Å². The molecule has 0 radical (unpaired) electrons. The van der Waals surface area contributed by atoms with Crippen LogP contribution in [0.2, 0.25) is 0 Å². The van der Waals surface area contributed by atoms with Crippen molar-refractivity contribution in [2.24, 2.45) is 17.8 Å². The Hall–Kier alpha value is -3.40. The quantitative estimate of drug-likeness (QED) is 0.476.